The monoisotopic (exact) mass is 343 g/mol. The van der Waals surface area contributed by atoms with E-state index in [-0.39, 0.29) is 11.5 Å². The molecule has 132 valence electrons. The van der Waals surface area contributed by atoms with Crippen LogP contribution in [0.3, 0.4) is 0 Å². The van der Waals surface area contributed by atoms with Crippen molar-refractivity contribution in [1.82, 2.24) is 14.9 Å². The Labute approximate surface area is 145 Å². The number of amides is 1. The van der Waals surface area contributed by atoms with Crippen molar-refractivity contribution in [1.29, 1.82) is 0 Å². The van der Waals surface area contributed by atoms with Gasteiger partial charge in [0.05, 0.1) is 26.7 Å². The normalized spacial score (nSPS) is 17.4. The second-order valence-electron chi connectivity index (χ2n) is 6.00. The smallest absolute Gasteiger partial charge is 0.251 e. The number of nitrogens with zero attached hydrogens (tertiary/aromatic N) is 2. The van der Waals surface area contributed by atoms with Crippen LogP contribution in [0.2, 0.25) is 0 Å². The summed E-state index contributed by atoms with van der Waals surface area (Å²) in [5.41, 5.74) is 1.31. The van der Waals surface area contributed by atoms with Crippen LogP contribution in [0.5, 0.6) is 5.75 Å². The molecular formula is C18H21N3O4. The van der Waals surface area contributed by atoms with Crippen molar-refractivity contribution in [3.8, 4) is 5.75 Å². The Bertz CT molecular complexity index is 818. The van der Waals surface area contributed by atoms with Gasteiger partial charge >= 0.3 is 0 Å². The first kappa shape index (κ1) is 17.2. The Hall–Kier alpha value is -2.67. The van der Waals surface area contributed by atoms with E-state index in [0.29, 0.717) is 37.6 Å². The molecule has 2 aromatic rings. The molecule has 3 rings (SSSR count). The molecule has 25 heavy (non-hydrogen) atoms. The van der Waals surface area contributed by atoms with Crippen LogP contribution in [-0.2, 0) is 16.0 Å². The Balaban J connectivity index is 1.70. The Morgan fingerprint density at radius 1 is 1.44 bits per heavy atom. The van der Waals surface area contributed by atoms with Crippen LogP contribution in [0.1, 0.15) is 23.2 Å². The number of hydrogen-bond donors (Lipinski definition) is 1. The lowest BCUT2D eigenvalue weighted by molar-refractivity contribution is -0.138. The van der Waals surface area contributed by atoms with Crippen LogP contribution in [-0.4, -0.2) is 47.6 Å². The Kier molecular flexibility index (Phi) is 5.14. The maximum Gasteiger partial charge on any atom is 0.251 e. The van der Waals surface area contributed by atoms with Gasteiger partial charge in [0.2, 0.25) is 5.91 Å². The molecule has 7 nitrogen and oxygen atoms in total. The van der Waals surface area contributed by atoms with Gasteiger partial charge in [-0.2, -0.15) is 0 Å². The molecule has 1 aliphatic heterocycles. The van der Waals surface area contributed by atoms with E-state index in [2.05, 4.69) is 9.97 Å². The van der Waals surface area contributed by atoms with Gasteiger partial charge in [0.1, 0.15) is 17.7 Å². The predicted molar refractivity (Wildman–Crippen MR) is 91.6 cm³/mol. The number of benzene rings is 1. The lowest BCUT2D eigenvalue weighted by atomic mass is 10.1. The predicted octanol–water partition coefficient (Wildman–Crippen LogP) is 1.23. The first-order valence-electron chi connectivity index (χ1n) is 8.15. The van der Waals surface area contributed by atoms with Crippen LogP contribution in [0.25, 0.3) is 0 Å². The molecule has 1 amide bonds. The van der Waals surface area contributed by atoms with Gasteiger partial charge in [-0.05, 0) is 24.6 Å². The zero-order chi connectivity index (χ0) is 17.8. The highest BCUT2D eigenvalue weighted by atomic mass is 16.5. The average molecular weight is 343 g/mol. The zero-order valence-electron chi connectivity index (χ0n) is 14.3. The van der Waals surface area contributed by atoms with Gasteiger partial charge in [0.15, 0.2) is 0 Å². The molecule has 0 spiro atoms. The largest absolute Gasteiger partial charge is 0.497 e. The van der Waals surface area contributed by atoms with E-state index in [9.17, 15) is 9.59 Å². The van der Waals surface area contributed by atoms with Crippen LogP contribution in [0, 0.1) is 6.92 Å². The number of methoxy groups -OCH3 is 1. The quantitative estimate of drug-likeness (QED) is 0.903. The number of rotatable bonds is 4. The highest BCUT2D eigenvalue weighted by Crippen LogP contribution is 2.20. The summed E-state index contributed by atoms with van der Waals surface area (Å²) >= 11 is 0. The SMILES string of the molecule is COc1cccc(CC(=O)N2CCO[C@H](c3nc(C)cc(=O)[nH]3)C2)c1. The van der Waals surface area contributed by atoms with Crippen LogP contribution in [0.15, 0.2) is 35.1 Å². The molecule has 0 aliphatic carbocycles. The first-order chi connectivity index (χ1) is 12.0. The summed E-state index contributed by atoms with van der Waals surface area (Å²) in [6.07, 6.45) is -0.127. The summed E-state index contributed by atoms with van der Waals surface area (Å²) in [6.45, 7) is 3.06. The number of ether oxygens (including phenoxy) is 2. The van der Waals surface area contributed by atoms with E-state index in [1.54, 1.807) is 18.9 Å². The van der Waals surface area contributed by atoms with Gasteiger partial charge in [-0.3, -0.25) is 9.59 Å². The lowest BCUT2D eigenvalue weighted by Crippen LogP contribution is -2.43. The van der Waals surface area contributed by atoms with E-state index >= 15 is 0 Å². The van der Waals surface area contributed by atoms with E-state index in [1.807, 2.05) is 24.3 Å². The number of aromatic nitrogens is 2. The minimum absolute atomic E-state index is 0.0107. The van der Waals surface area contributed by atoms with Gasteiger partial charge in [0.25, 0.3) is 5.56 Å². The maximum absolute atomic E-state index is 12.6. The molecule has 1 saturated heterocycles. The fourth-order valence-corrected chi connectivity index (χ4v) is 2.86. The molecule has 1 aromatic heterocycles. The maximum atomic E-state index is 12.6. The van der Waals surface area contributed by atoms with Crippen molar-refractivity contribution in [2.45, 2.75) is 19.4 Å². The number of carbonyl (C=O) groups is 1. The van der Waals surface area contributed by atoms with E-state index in [4.69, 9.17) is 9.47 Å². The van der Waals surface area contributed by atoms with Crippen molar-refractivity contribution in [2.24, 2.45) is 0 Å². The van der Waals surface area contributed by atoms with Crippen molar-refractivity contribution in [2.75, 3.05) is 26.8 Å². The van der Waals surface area contributed by atoms with Crippen molar-refractivity contribution >= 4 is 5.91 Å². The van der Waals surface area contributed by atoms with Gasteiger partial charge in [0, 0.05) is 18.3 Å². The third-order valence-corrected chi connectivity index (χ3v) is 4.10. The topological polar surface area (TPSA) is 84.5 Å². The fourth-order valence-electron chi connectivity index (χ4n) is 2.86. The number of nitrogens with one attached hydrogen (secondary N) is 1. The third kappa shape index (κ3) is 4.24. The summed E-state index contributed by atoms with van der Waals surface area (Å²) in [6, 6.07) is 8.90. The van der Waals surface area contributed by atoms with Gasteiger partial charge < -0.3 is 19.4 Å². The third-order valence-electron chi connectivity index (χ3n) is 4.10. The highest BCUT2D eigenvalue weighted by Gasteiger charge is 2.27. The minimum atomic E-state index is -0.421. The van der Waals surface area contributed by atoms with Crippen molar-refractivity contribution in [3.05, 3.63) is 57.8 Å². The van der Waals surface area contributed by atoms with Crippen molar-refractivity contribution in [3.63, 3.8) is 0 Å². The summed E-state index contributed by atoms with van der Waals surface area (Å²) in [7, 11) is 1.60. The Morgan fingerprint density at radius 2 is 2.28 bits per heavy atom. The number of hydrogen-bond acceptors (Lipinski definition) is 5. The van der Waals surface area contributed by atoms with Gasteiger partial charge in [-0.15, -0.1) is 0 Å². The number of morpholine rings is 1. The van der Waals surface area contributed by atoms with Crippen molar-refractivity contribution < 1.29 is 14.3 Å². The fraction of sp³-hybridized carbons (Fsp3) is 0.389. The molecule has 0 radical (unpaired) electrons. The number of H-pyrrole nitrogens is 1. The van der Waals surface area contributed by atoms with E-state index < -0.39 is 6.10 Å². The molecule has 0 saturated carbocycles. The van der Waals surface area contributed by atoms with Crippen LogP contribution < -0.4 is 10.3 Å². The standard InChI is InChI=1S/C18H21N3O4/c1-12-8-16(22)20-18(19-12)15-11-21(6-7-25-15)17(23)10-13-4-3-5-14(9-13)24-2/h3-5,8-9,15H,6-7,10-11H2,1-2H3,(H,19,20,22)/t15-/m0/s1. The molecule has 1 aliphatic rings. The molecule has 1 N–H and O–H groups in total. The number of aromatic amines is 1. The van der Waals surface area contributed by atoms with E-state index in [0.717, 1.165) is 11.3 Å². The summed E-state index contributed by atoms with van der Waals surface area (Å²) in [5.74, 6) is 1.20. The summed E-state index contributed by atoms with van der Waals surface area (Å²) in [5, 5.41) is 0. The number of aryl methyl sites for hydroxylation is 1. The highest BCUT2D eigenvalue weighted by molar-refractivity contribution is 5.79. The second kappa shape index (κ2) is 7.48. The average Bonchev–Trinajstić information content (AvgIpc) is 2.61. The Morgan fingerprint density at radius 3 is 3.04 bits per heavy atom. The molecule has 0 unspecified atom stereocenters. The summed E-state index contributed by atoms with van der Waals surface area (Å²) in [4.78, 5) is 33.0. The lowest BCUT2D eigenvalue weighted by Gasteiger charge is -2.32. The number of carbonyl (C=O) groups excluding carboxylic acids is 1. The molecule has 1 atom stereocenters. The zero-order valence-corrected chi connectivity index (χ0v) is 14.3. The summed E-state index contributed by atoms with van der Waals surface area (Å²) < 4.78 is 10.9. The van der Waals surface area contributed by atoms with E-state index in [1.165, 1.54) is 6.07 Å². The molecule has 2 heterocycles. The second-order valence-corrected chi connectivity index (χ2v) is 6.00. The minimum Gasteiger partial charge on any atom is -0.497 e. The van der Waals surface area contributed by atoms with Gasteiger partial charge in [-0.25, -0.2) is 4.98 Å². The molecule has 7 heteroatoms. The first-order valence-corrected chi connectivity index (χ1v) is 8.15. The van der Waals surface area contributed by atoms with Crippen LogP contribution >= 0.6 is 0 Å². The molecule has 0 bridgehead atoms. The van der Waals surface area contributed by atoms with Gasteiger partial charge in [-0.1, -0.05) is 12.1 Å². The molecule has 1 aromatic carbocycles. The molecular weight excluding hydrogens is 322 g/mol. The van der Waals surface area contributed by atoms with Crippen LogP contribution in [0.4, 0.5) is 0 Å². The molecule has 1 fully saturated rings.